The zero-order valence-corrected chi connectivity index (χ0v) is 13.8. The van der Waals surface area contributed by atoms with E-state index in [-0.39, 0.29) is 11.8 Å². The number of carbonyl (C=O) groups is 1. The van der Waals surface area contributed by atoms with Gasteiger partial charge in [0.05, 0.1) is 5.92 Å². The van der Waals surface area contributed by atoms with Gasteiger partial charge in [-0.2, -0.15) is 14.6 Å². The molecule has 1 saturated heterocycles. The van der Waals surface area contributed by atoms with Crippen molar-refractivity contribution in [2.75, 3.05) is 24.5 Å². The van der Waals surface area contributed by atoms with Crippen LogP contribution < -0.4 is 10.2 Å². The lowest BCUT2D eigenvalue weighted by Crippen LogP contribution is -2.43. The minimum Gasteiger partial charge on any atom is -0.356 e. The molecule has 23 heavy (non-hydrogen) atoms. The van der Waals surface area contributed by atoms with E-state index in [4.69, 9.17) is 0 Å². The van der Waals surface area contributed by atoms with Crippen molar-refractivity contribution in [2.24, 2.45) is 5.92 Å². The van der Waals surface area contributed by atoms with Gasteiger partial charge in [-0.25, -0.2) is 4.98 Å². The Balaban J connectivity index is 1.89. The van der Waals surface area contributed by atoms with Crippen LogP contribution in [0.25, 0.3) is 5.78 Å². The van der Waals surface area contributed by atoms with Gasteiger partial charge in [0.15, 0.2) is 0 Å². The number of piperidine rings is 1. The minimum absolute atomic E-state index is 0.0325. The van der Waals surface area contributed by atoms with Crippen LogP contribution >= 0.6 is 0 Å². The Hall–Kier alpha value is -2.18. The number of nitrogens with zero attached hydrogens (tertiary/aromatic N) is 5. The Kier molecular flexibility index (Phi) is 4.73. The molecule has 7 nitrogen and oxygen atoms in total. The van der Waals surface area contributed by atoms with Crippen molar-refractivity contribution in [1.82, 2.24) is 24.9 Å². The Morgan fingerprint density at radius 2 is 2.30 bits per heavy atom. The van der Waals surface area contributed by atoms with E-state index in [0.717, 1.165) is 50.3 Å². The lowest BCUT2D eigenvalue weighted by molar-refractivity contribution is -0.125. The van der Waals surface area contributed by atoms with Gasteiger partial charge in [-0.15, -0.1) is 0 Å². The smallest absolute Gasteiger partial charge is 0.254 e. The third-order valence-corrected chi connectivity index (χ3v) is 4.26. The number of anilines is 1. The van der Waals surface area contributed by atoms with E-state index in [1.807, 2.05) is 6.92 Å². The normalized spacial score (nSPS) is 18.3. The average molecular weight is 316 g/mol. The summed E-state index contributed by atoms with van der Waals surface area (Å²) in [6, 6.07) is 2.09. The molecule has 1 aliphatic rings. The summed E-state index contributed by atoms with van der Waals surface area (Å²) >= 11 is 0. The quantitative estimate of drug-likeness (QED) is 0.903. The number of carbonyl (C=O) groups excluding carboxylic acids is 1. The van der Waals surface area contributed by atoms with Crippen LogP contribution in [-0.2, 0) is 11.2 Å². The number of rotatable bonds is 5. The predicted molar refractivity (Wildman–Crippen MR) is 88.4 cm³/mol. The van der Waals surface area contributed by atoms with Gasteiger partial charge in [0.1, 0.15) is 12.1 Å². The van der Waals surface area contributed by atoms with Crippen LogP contribution in [0, 0.1) is 5.92 Å². The third kappa shape index (κ3) is 3.28. The van der Waals surface area contributed by atoms with Gasteiger partial charge in [-0.1, -0.05) is 13.3 Å². The van der Waals surface area contributed by atoms with Crippen molar-refractivity contribution in [3.05, 3.63) is 18.1 Å². The maximum atomic E-state index is 12.2. The topological polar surface area (TPSA) is 75.4 Å². The Morgan fingerprint density at radius 3 is 3.09 bits per heavy atom. The largest absolute Gasteiger partial charge is 0.356 e. The highest BCUT2D eigenvalue weighted by atomic mass is 16.1. The molecular formula is C16H24N6O. The number of amides is 1. The van der Waals surface area contributed by atoms with Gasteiger partial charge in [0, 0.05) is 31.4 Å². The zero-order chi connectivity index (χ0) is 16.2. The summed E-state index contributed by atoms with van der Waals surface area (Å²) in [5.41, 5.74) is 1.03. The molecular weight excluding hydrogens is 292 g/mol. The Bertz CT molecular complexity index is 682. The van der Waals surface area contributed by atoms with E-state index in [1.165, 1.54) is 6.33 Å². The van der Waals surface area contributed by atoms with Crippen LogP contribution in [0.1, 0.15) is 38.8 Å². The minimum atomic E-state index is 0.0325. The molecule has 1 atom stereocenters. The van der Waals surface area contributed by atoms with Crippen LogP contribution in [0.2, 0.25) is 0 Å². The number of nitrogens with one attached hydrogen (secondary N) is 1. The molecule has 0 aliphatic carbocycles. The van der Waals surface area contributed by atoms with Crippen LogP contribution in [0.4, 0.5) is 5.82 Å². The molecule has 2 aromatic rings. The predicted octanol–water partition coefficient (Wildman–Crippen LogP) is 1.43. The van der Waals surface area contributed by atoms with E-state index in [9.17, 15) is 4.79 Å². The first-order valence-electron chi connectivity index (χ1n) is 8.45. The average Bonchev–Trinajstić information content (AvgIpc) is 3.03. The number of fused-ring (bicyclic) bond motifs is 1. The van der Waals surface area contributed by atoms with Gasteiger partial charge in [0.25, 0.3) is 5.78 Å². The summed E-state index contributed by atoms with van der Waals surface area (Å²) in [6.07, 6.45) is 5.44. The molecule has 1 aliphatic heterocycles. The van der Waals surface area contributed by atoms with E-state index in [0.29, 0.717) is 12.3 Å². The van der Waals surface area contributed by atoms with Crippen LogP contribution in [0.15, 0.2) is 12.4 Å². The molecule has 7 heteroatoms. The van der Waals surface area contributed by atoms with Crippen molar-refractivity contribution >= 4 is 17.5 Å². The third-order valence-electron chi connectivity index (χ3n) is 4.26. The second kappa shape index (κ2) is 6.93. The maximum Gasteiger partial charge on any atom is 0.254 e. The molecule has 0 unspecified atom stereocenters. The van der Waals surface area contributed by atoms with Gasteiger partial charge < -0.3 is 10.2 Å². The number of hydrogen-bond acceptors (Lipinski definition) is 5. The highest BCUT2D eigenvalue weighted by Gasteiger charge is 2.27. The molecule has 0 radical (unpaired) electrons. The van der Waals surface area contributed by atoms with Gasteiger partial charge in [-0.05, 0) is 26.2 Å². The molecule has 1 amide bonds. The summed E-state index contributed by atoms with van der Waals surface area (Å²) in [4.78, 5) is 23.2. The standard InChI is InChI=1S/C16H24N6O/c1-3-6-13-9-14(22-16(20-13)18-11-19-22)21-8-5-7-12(10-21)15(23)17-4-2/h9,11-12H,3-8,10H2,1-2H3,(H,17,23)/t12-/m1/s1. The first-order chi connectivity index (χ1) is 11.2. The maximum absolute atomic E-state index is 12.2. The molecule has 1 N–H and O–H groups in total. The van der Waals surface area contributed by atoms with Crippen LogP contribution in [0.3, 0.4) is 0 Å². The molecule has 1 fully saturated rings. The fourth-order valence-electron chi connectivity index (χ4n) is 3.17. The molecule has 0 bridgehead atoms. The Morgan fingerprint density at radius 1 is 1.43 bits per heavy atom. The zero-order valence-electron chi connectivity index (χ0n) is 13.8. The number of hydrogen-bond donors (Lipinski definition) is 1. The summed E-state index contributed by atoms with van der Waals surface area (Å²) in [7, 11) is 0. The number of aromatic nitrogens is 4. The van der Waals surface area contributed by atoms with E-state index < -0.39 is 0 Å². The van der Waals surface area contributed by atoms with Gasteiger partial charge in [0.2, 0.25) is 5.91 Å². The lowest BCUT2D eigenvalue weighted by Gasteiger charge is -2.33. The van der Waals surface area contributed by atoms with Crippen molar-refractivity contribution < 1.29 is 4.79 Å². The molecule has 0 spiro atoms. The summed E-state index contributed by atoms with van der Waals surface area (Å²) < 4.78 is 1.78. The van der Waals surface area contributed by atoms with Crippen LogP contribution in [-0.4, -0.2) is 45.1 Å². The summed E-state index contributed by atoms with van der Waals surface area (Å²) in [5.74, 6) is 1.80. The number of aryl methyl sites for hydroxylation is 1. The fraction of sp³-hybridized carbons (Fsp3) is 0.625. The van der Waals surface area contributed by atoms with Crippen molar-refractivity contribution in [2.45, 2.75) is 39.5 Å². The van der Waals surface area contributed by atoms with E-state index in [1.54, 1.807) is 4.52 Å². The first kappa shape index (κ1) is 15.7. The second-order valence-corrected chi connectivity index (χ2v) is 6.01. The Labute approximate surface area is 136 Å². The van der Waals surface area contributed by atoms with Gasteiger partial charge in [-0.3, -0.25) is 4.79 Å². The molecule has 3 heterocycles. The molecule has 0 aromatic carbocycles. The second-order valence-electron chi connectivity index (χ2n) is 6.01. The lowest BCUT2D eigenvalue weighted by atomic mass is 9.97. The molecule has 3 rings (SSSR count). The molecule has 2 aromatic heterocycles. The van der Waals surface area contributed by atoms with Crippen molar-refractivity contribution in [3.8, 4) is 0 Å². The highest BCUT2D eigenvalue weighted by Crippen LogP contribution is 2.24. The van der Waals surface area contributed by atoms with Gasteiger partial charge >= 0.3 is 0 Å². The summed E-state index contributed by atoms with van der Waals surface area (Å²) in [5, 5.41) is 7.24. The monoisotopic (exact) mass is 316 g/mol. The van der Waals surface area contributed by atoms with Crippen molar-refractivity contribution in [1.29, 1.82) is 0 Å². The molecule has 0 saturated carbocycles. The first-order valence-corrected chi connectivity index (χ1v) is 8.45. The fourth-order valence-corrected chi connectivity index (χ4v) is 3.17. The SMILES string of the molecule is CCCc1cc(N2CCC[C@@H](C(=O)NCC)C2)n2ncnc2n1. The molecule has 124 valence electrons. The highest BCUT2D eigenvalue weighted by molar-refractivity contribution is 5.79. The van der Waals surface area contributed by atoms with E-state index >= 15 is 0 Å². The summed E-state index contributed by atoms with van der Waals surface area (Å²) in [6.45, 7) is 6.42. The van der Waals surface area contributed by atoms with Crippen LogP contribution in [0.5, 0.6) is 0 Å². The van der Waals surface area contributed by atoms with Crippen molar-refractivity contribution in [3.63, 3.8) is 0 Å². The van der Waals surface area contributed by atoms with E-state index in [2.05, 4.69) is 38.3 Å².